The van der Waals surface area contributed by atoms with E-state index < -0.39 is 0 Å². The molecule has 3 unspecified atom stereocenters. The van der Waals surface area contributed by atoms with E-state index in [0.29, 0.717) is 11.5 Å². The SMILES string of the molecule is CN1CCNCC1C1=CCC2CC1C2(C)C. The van der Waals surface area contributed by atoms with Crippen molar-refractivity contribution in [2.45, 2.75) is 32.7 Å². The summed E-state index contributed by atoms with van der Waals surface area (Å²) in [5.41, 5.74) is 2.31. The van der Waals surface area contributed by atoms with E-state index in [1.807, 2.05) is 0 Å². The minimum absolute atomic E-state index is 0.572. The van der Waals surface area contributed by atoms with Crippen molar-refractivity contribution in [2.24, 2.45) is 17.3 Å². The van der Waals surface area contributed by atoms with Gasteiger partial charge in [-0.15, -0.1) is 0 Å². The zero-order chi connectivity index (χ0) is 11.3. The fourth-order valence-electron chi connectivity index (χ4n) is 3.95. The van der Waals surface area contributed by atoms with Crippen molar-refractivity contribution in [3.05, 3.63) is 11.6 Å². The molecule has 90 valence electrons. The molecule has 0 aromatic heterocycles. The van der Waals surface area contributed by atoms with Crippen molar-refractivity contribution in [1.82, 2.24) is 10.2 Å². The van der Waals surface area contributed by atoms with Gasteiger partial charge in [0.15, 0.2) is 0 Å². The molecular formula is C14H24N2. The Morgan fingerprint density at radius 1 is 1.44 bits per heavy atom. The lowest BCUT2D eigenvalue weighted by molar-refractivity contribution is -0.0171. The van der Waals surface area contributed by atoms with E-state index in [2.05, 4.69) is 37.2 Å². The van der Waals surface area contributed by atoms with Crippen molar-refractivity contribution in [3.63, 3.8) is 0 Å². The third-order valence-corrected chi connectivity index (χ3v) is 5.41. The molecule has 1 saturated heterocycles. The molecule has 1 saturated carbocycles. The molecule has 0 aromatic rings. The Balaban J connectivity index is 1.82. The van der Waals surface area contributed by atoms with E-state index in [0.717, 1.165) is 24.9 Å². The summed E-state index contributed by atoms with van der Waals surface area (Å²) in [6, 6.07) is 0.666. The molecule has 2 bridgehead atoms. The zero-order valence-corrected chi connectivity index (χ0v) is 10.8. The van der Waals surface area contributed by atoms with Crippen LogP contribution >= 0.6 is 0 Å². The van der Waals surface area contributed by atoms with Crippen LogP contribution in [-0.2, 0) is 0 Å². The van der Waals surface area contributed by atoms with E-state index >= 15 is 0 Å². The molecule has 3 aliphatic carbocycles. The van der Waals surface area contributed by atoms with Gasteiger partial charge in [0, 0.05) is 25.7 Å². The standard InChI is InChI=1S/C14H24N2/c1-14(2)10-4-5-11(12(14)8-10)13-9-15-6-7-16(13)3/h5,10,12-13,15H,4,6-9H2,1-3H3. The fraction of sp³-hybridized carbons (Fsp3) is 0.857. The Hall–Kier alpha value is -0.340. The summed E-state index contributed by atoms with van der Waals surface area (Å²) < 4.78 is 0. The predicted molar refractivity (Wildman–Crippen MR) is 67.4 cm³/mol. The van der Waals surface area contributed by atoms with Gasteiger partial charge in [0.1, 0.15) is 0 Å². The second-order valence-electron chi connectivity index (χ2n) is 6.45. The molecule has 2 fully saturated rings. The molecule has 4 aliphatic rings. The van der Waals surface area contributed by atoms with Crippen LogP contribution in [-0.4, -0.2) is 37.6 Å². The number of nitrogens with one attached hydrogen (secondary N) is 1. The maximum Gasteiger partial charge on any atom is 0.0432 e. The van der Waals surface area contributed by atoms with Crippen molar-refractivity contribution in [2.75, 3.05) is 26.7 Å². The summed E-state index contributed by atoms with van der Waals surface area (Å²) in [6.45, 7) is 8.43. The van der Waals surface area contributed by atoms with Gasteiger partial charge in [-0.1, -0.05) is 25.5 Å². The molecule has 1 N–H and O–H groups in total. The number of hydrogen-bond acceptors (Lipinski definition) is 2. The van der Waals surface area contributed by atoms with Crippen LogP contribution in [0.3, 0.4) is 0 Å². The Kier molecular flexibility index (Phi) is 2.41. The molecule has 0 spiro atoms. The van der Waals surface area contributed by atoms with Crippen LogP contribution < -0.4 is 5.32 Å². The molecule has 1 heterocycles. The van der Waals surface area contributed by atoms with Gasteiger partial charge in [0.25, 0.3) is 0 Å². The summed E-state index contributed by atoms with van der Waals surface area (Å²) >= 11 is 0. The number of rotatable bonds is 1. The van der Waals surface area contributed by atoms with Gasteiger partial charge in [-0.2, -0.15) is 0 Å². The highest BCUT2D eigenvalue weighted by atomic mass is 15.2. The summed E-state index contributed by atoms with van der Waals surface area (Å²) in [6.07, 6.45) is 5.32. The third kappa shape index (κ3) is 1.39. The van der Waals surface area contributed by atoms with Gasteiger partial charge in [-0.25, -0.2) is 0 Å². The lowest BCUT2D eigenvalue weighted by Gasteiger charge is -2.58. The van der Waals surface area contributed by atoms with Gasteiger partial charge < -0.3 is 5.32 Å². The van der Waals surface area contributed by atoms with Gasteiger partial charge in [0.05, 0.1) is 0 Å². The van der Waals surface area contributed by atoms with E-state index in [1.54, 1.807) is 5.57 Å². The largest absolute Gasteiger partial charge is 0.314 e. The molecule has 2 heteroatoms. The Morgan fingerprint density at radius 2 is 2.25 bits per heavy atom. The zero-order valence-electron chi connectivity index (χ0n) is 10.8. The molecule has 1 aliphatic heterocycles. The predicted octanol–water partition coefficient (Wildman–Crippen LogP) is 1.88. The number of fused-ring (bicyclic) bond motifs is 1. The highest BCUT2D eigenvalue weighted by Crippen LogP contribution is 2.60. The molecule has 0 aromatic carbocycles. The summed E-state index contributed by atoms with van der Waals surface area (Å²) in [7, 11) is 2.28. The van der Waals surface area contributed by atoms with Crippen LogP contribution in [0.5, 0.6) is 0 Å². The van der Waals surface area contributed by atoms with E-state index in [4.69, 9.17) is 0 Å². The molecule has 0 radical (unpaired) electrons. The molecule has 3 atom stereocenters. The number of likely N-dealkylation sites (N-methyl/N-ethyl adjacent to an activating group) is 1. The molecule has 2 nitrogen and oxygen atoms in total. The van der Waals surface area contributed by atoms with E-state index in [1.165, 1.54) is 19.4 Å². The third-order valence-electron chi connectivity index (χ3n) is 5.41. The van der Waals surface area contributed by atoms with Crippen LogP contribution in [0, 0.1) is 17.3 Å². The van der Waals surface area contributed by atoms with E-state index in [-0.39, 0.29) is 0 Å². The van der Waals surface area contributed by atoms with Crippen LogP contribution in [0.1, 0.15) is 26.7 Å². The van der Waals surface area contributed by atoms with Crippen molar-refractivity contribution in [1.29, 1.82) is 0 Å². The Labute approximate surface area is 99.1 Å². The summed E-state index contributed by atoms with van der Waals surface area (Å²) in [4.78, 5) is 2.54. The molecule has 16 heavy (non-hydrogen) atoms. The number of nitrogens with zero attached hydrogens (tertiary/aromatic N) is 1. The average molecular weight is 220 g/mol. The molecular weight excluding hydrogens is 196 g/mol. The van der Waals surface area contributed by atoms with Crippen LogP contribution in [0.2, 0.25) is 0 Å². The smallest absolute Gasteiger partial charge is 0.0432 e. The quantitative estimate of drug-likeness (QED) is 0.679. The topological polar surface area (TPSA) is 15.3 Å². The lowest BCUT2D eigenvalue weighted by atomic mass is 9.48. The van der Waals surface area contributed by atoms with Gasteiger partial charge in [0.2, 0.25) is 0 Å². The first-order valence-electron chi connectivity index (χ1n) is 6.71. The maximum absolute atomic E-state index is 3.55. The second-order valence-corrected chi connectivity index (χ2v) is 6.45. The molecule has 4 rings (SSSR count). The maximum atomic E-state index is 3.55. The summed E-state index contributed by atoms with van der Waals surface area (Å²) in [5.74, 6) is 1.82. The van der Waals surface area contributed by atoms with Crippen molar-refractivity contribution in [3.8, 4) is 0 Å². The second kappa shape index (κ2) is 3.58. The van der Waals surface area contributed by atoms with Crippen LogP contribution in [0.4, 0.5) is 0 Å². The highest BCUT2D eigenvalue weighted by molar-refractivity contribution is 5.28. The summed E-state index contributed by atoms with van der Waals surface area (Å²) in [5, 5.41) is 3.55. The van der Waals surface area contributed by atoms with Crippen molar-refractivity contribution < 1.29 is 0 Å². The number of hydrogen-bond donors (Lipinski definition) is 1. The Bertz CT molecular complexity index is 319. The van der Waals surface area contributed by atoms with Gasteiger partial charge in [-0.3, -0.25) is 4.90 Å². The van der Waals surface area contributed by atoms with Gasteiger partial charge >= 0.3 is 0 Å². The van der Waals surface area contributed by atoms with Crippen LogP contribution in [0.15, 0.2) is 11.6 Å². The number of allylic oxidation sites excluding steroid dienone is 1. The Morgan fingerprint density at radius 3 is 2.88 bits per heavy atom. The lowest BCUT2D eigenvalue weighted by Crippen LogP contribution is -2.56. The highest BCUT2D eigenvalue weighted by Gasteiger charge is 2.52. The first-order chi connectivity index (χ1) is 7.60. The minimum Gasteiger partial charge on any atom is -0.314 e. The average Bonchev–Trinajstić information content (AvgIpc) is 2.29. The molecule has 0 amide bonds. The monoisotopic (exact) mass is 220 g/mol. The van der Waals surface area contributed by atoms with E-state index in [9.17, 15) is 0 Å². The number of piperazine rings is 1. The van der Waals surface area contributed by atoms with Crippen LogP contribution in [0.25, 0.3) is 0 Å². The first kappa shape index (κ1) is 10.8. The first-order valence-corrected chi connectivity index (χ1v) is 6.71. The normalized spacial score (nSPS) is 42.4. The van der Waals surface area contributed by atoms with Crippen molar-refractivity contribution >= 4 is 0 Å². The fourth-order valence-corrected chi connectivity index (χ4v) is 3.95. The minimum atomic E-state index is 0.572. The van der Waals surface area contributed by atoms with Gasteiger partial charge in [-0.05, 0) is 37.1 Å².